The molecular formula is C15H27N5O2. The SMILES string of the molecule is Cn1c(CNCC2(CO)CCOCC2)nnc1C1CC(N)C1. The second-order valence-corrected chi connectivity index (χ2v) is 6.84. The lowest BCUT2D eigenvalue weighted by Crippen LogP contribution is -2.42. The van der Waals surface area contributed by atoms with E-state index in [2.05, 4.69) is 20.1 Å². The number of ether oxygens (including phenoxy) is 1. The summed E-state index contributed by atoms with van der Waals surface area (Å²) in [5.74, 6) is 2.44. The lowest BCUT2D eigenvalue weighted by Gasteiger charge is -2.35. The van der Waals surface area contributed by atoms with Gasteiger partial charge in [0.15, 0.2) is 0 Å². The molecule has 0 unspecified atom stereocenters. The summed E-state index contributed by atoms with van der Waals surface area (Å²) in [5.41, 5.74) is 5.80. The van der Waals surface area contributed by atoms with Crippen molar-refractivity contribution in [2.24, 2.45) is 18.2 Å². The highest BCUT2D eigenvalue weighted by Gasteiger charge is 2.33. The zero-order valence-corrected chi connectivity index (χ0v) is 13.3. The van der Waals surface area contributed by atoms with Crippen molar-refractivity contribution in [1.82, 2.24) is 20.1 Å². The first-order chi connectivity index (χ1) is 10.6. The Bertz CT molecular complexity index is 492. The maximum Gasteiger partial charge on any atom is 0.146 e. The summed E-state index contributed by atoms with van der Waals surface area (Å²) in [6, 6.07) is 0.321. The fourth-order valence-electron chi connectivity index (χ4n) is 3.39. The van der Waals surface area contributed by atoms with Gasteiger partial charge < -0.3 is 25.5 Å². The van der Waals surface area contributed by atoms with Crippen molar-refractivity contribution in [1.29, 1.82) is 0 Å². The Morgan fingerprint density at radius 1 is 1.36 bits per heavy atom. The van der Waals surface area contributed by atoms with Gasteiger partial charge >= 0.3 is 0 Å². The summed E-state index contributed by atoms with van der Waals surface area (Å²) in [6.45, 7) is 3.12. The minimum atomic E-state index is -0.0551. The standard InChI is InChI=1S/C15H27N5O2/c1-20-13(18-19-14(20)11-6-12(16)7-11)8-17-9-15(10-21)2-4-22-5-3-15/h11-12,17,21H,2-10,16H2,1H3. The number of hydrogen-bond acceptors (Lipinski definition) is 6. The van der Waals surface area contributed by atoms with Crippen LogP contribution in [-0.4, -0.2) is 52.3 Å². The van der Waals surface area contributed by atoms with Crippen LogP contribution in [0, 0.1) is 5.41 Å². The monoisotopic (exact) mass is 309 g/mol. The van der Waals surface area contributed by atoms with Gasteiger partial charge in [0.05, 0.1) is 13.2 Å². The van der Waals surface area contributed by atoms with Crippen LogP contribution in [0.15, 0.2) is 0 Å². The van der Waals surface area contributed by atoms with Crippen molar-refractivity contribution in [3.63, 3.8) is 0 Å². The second kappa shape index (κ2) is 6.62. The second-order valence-electron chi connectivity index (χ2n) is 6.84. The van der Waals surface area contributed by atoms with Gasteiger partial charge in [-0.15, -0.1) is 10.2 Å². The number of rotatable bonds is 6. The Labute approximate surface area is 131 Å². The zero-order chi connectivity index (χ0) is 15.6. The molecule has 0 spiro atoms. The Morgan fingerprint density at radius 2 is 2.09 bits per heavy atom. The maximum absolute atomic E-state index is 9.69. The fraction of sp³-hybridized carbons (Fsp3) is 0.867. The molecule has 0 atom stereocenters. The van der Waals surface area contributed by atoms with E-state index in [0.29, 0.717) is 18.5 Å². The van der Waals surface area contributed by atoms with Gasteiger partial charge in [0, 0.05) is 44.2 Å². The minimum absolute atomic E-state index is 0.0551. The molecule has 2 heterocycles. The van der Waals surface area contributed by atoms with Crippen LogP contribution in [0.3, 0.4) is 0 Å². The molecule has 1 aromatic heterocycles. The van der Waals surface area contributed by atoms with Crippen molar-refractivity contribution in [2.45, 2.75) is 44.2 Å². The van der Waals surface area contributed by atoms with Gasteiger partial charge in [0.1, 0.15) is 11.6 Å². The van der Waals surface area contributed by atoms with Gasteiger partial charge in [-0.2, -0.15) is 0 Å². The highest BCUT2D eigenvalue weighted by Crippen LogP contribution is 2.34. The number of aromatic nitrogens is 3. The topological polar surface area (TPSA) is 98.2 Å². The largest absolute Gasteiger partial charge is 0.396 e. The molecule has 1 aliphatic carbocycles. The van der Waals surface area contributed by atoms with Gasteiger partial charge in [0.2, 0.25) is 0 Å². The zero-order valence-electron chi connectivity index (χ0n) is 13.3. The van der Waals surface area contributed by atoms with Gasteiger partial charge in [-0.25, -0.2) is 0 Å². The highest BCUT2D eigenvalue weighted by molar-refractivity contribution is 5.08. The Kier molecular flexibility index (Phi) is 4.77. The van der Waals surface area contributed by atoms with Gasteiger partial charge in [0.25, 0.3) is 0 Å². The molecule has 22 heavy (non-hydrogen) atoms. The van der Waals surface area contributed by atoms with Crippen LogP contribution in [0.4, 0.5) is 0 Å². The quantitative estimate of drug-likeness (QED) is 0.679. The van der Waals surface area contributed by atoms with E-state index < -0.39 is 0 Å². The molecule has 0 bridgehead atoms. The van der Waals surface area contributed by atoms with Crippen molar-refractivity contribution in [3.05, 3.63) is 11.6 Å². The van der Waals surface area contributed by atoms with E-state index in [-0.39, 0.29) is 12.0 Å². The van der Waals surface area contributed by atoms with E-state index in [1.807, 2.05) is 7.05 Å². The van der Waals surface area contributed by atoms with Crippen molar-refractivity contribution in [2.75, 3.05) is 26.4 Å². The Hall–Kier alpha value is -1.02. The predicted molar refractivity (Wildman–Crippen MR) is 82.2 cm³/mol. The third-order valence-electron chi connectivity index (χ3n) is 5.21. The summed E-state index contributed by atoms with van der Waals surface area (Å²) >= 11 is 0. The van der Waals surface area contributed by atoms with Crippen LogP contribution < -0.4 is 11.1 Å². The molecule has 2 aliphatic rings. The maximum atomic E-state index is 9.69. The van der Waals surface area contributed by atoms with Crippen LogP contribution in [0.1, 0.15) is 43.3 Å². The van der Waals surface area contributed by atoms with Crippen LogP contribution in [0.2, 0.25) is 0 Å². The molecule has 0 radical (unpaired) electrons. The van der Waals surface area contributed by atoms with Crippen LogP contribution in [0.5, 0.6) is 0 Å². The highest BCUT2D eigenvalue weighted by atomic mass is 16.5. The molecular weight excluding hydrogens is 282 g/mol. The number of nitrogens with two attached hydrogens (primary N) is 1. The van der Waals surface area contributed by atoms with Crippen LogP contribution >= 0.6 is 0 Å². The summed E-state index contributed by atoms with van der Waals surface area (Å²) in [5, 5.41) is 21.8. The van der Waals surface area contributed by atoms with E-state index in [1.54, 1.807) is 0 Å². The number of aliphatic hydroxyl groups is 1. The van der Waals surface area contributed by atoms with E-state index in [4.69, 9.17) is 10.5 Å². The van der Waals surface area contributed by atoms with Crippen molar-refractivity contribution >= 4 is 0 Å². The molecule has 2 fully saturated rings. The third kappa shape index (κ3) is 3.17. The molecule has 7 nitrogen and oxygen atoms in total. The molecule has 7 heteroatoms. The molecule has 1 saturated heterocycles. The summed E-state index contributed by atoms with van der Waals surface area (Å²) < 4.78 is 7.47. The lowest BCUT2D eigenvalue weighted by atomic mass is 9.80. The summed E-state index contributed by atoms with van der Waals surface area (Å²) in [4.78, 5) is 0. The van der Waals surface area contributed by atoms with Crippen molar-refractivity contribution in [3.8, 4) is 0 Å². The summed E-state index contributed by atoms with van der Waals surface area (Å²) in [6.07, 6.45) is 3.82. The molecule has 1 aromatic rings. The number of hydrogen-bond donors (Lipinski definition) is 3. The Morgan fingerprint density at radius 3 is 2.73 bits per heavy atom. The Balaban J connectivity index is 1.53. The average molecular weight is 309 g/mol. The molecule has 1 saturated carbocycles. The van der Waals surface area contributed by atoms with E-state index in [0.717, 1.165) is 57.1 Å². The van der Waals surface area contributed by atoms with E-state index >= 15 is 0 Å². The predicted octanol–water partition coefficient (Wildman–Crippen LogP) is -0.101. The van der Waals surface area contributed by atoms with E-state index in [9.17, 15) is 5.11 Å². The van der Waals surface area contributed by atoms with Crippen molar-refractivity contribution < 1.29 is 9.84 Å². The minimum Gasteiger partial charge on any atom is -0.396 e. The van der Waals surface area contributed by atoms with Gasteiger partial charge in [-0.1, -0.05) is 0 Å². The average Bonchev–Trinajstić information content (AvgIpc) is 2.86. The van der Waals surface area contributed by atoms with Gasteiger partial charge in [-0.05, 0) is 25.7 Å². The van der Waals surface area contributed by atoms with Gasteiger partial charge in [-0.3, -0.25) is 0 Å². The summed E-state index contributed by atoms with van der Waals surface area (Å²) in [7, 11) is 2.02. The smallest absolute Gasteiger partial charge is 0.146 e. The first kappa shape index (κ1) is 15.9. The molecule has 1 aliphatic heterocycles. The number of nitrogens with zero attached hydrogens (tertiary/aromatic N) is 3. The third-order valence-corrected chi connectivity index (χ3v) is 5.21. The molecule has 0 amide bonds. The van der Waals surface area contributed by atoms with Crippen LogP contribution in [-0.2, 0) is 18.3 Å². The lowest BCUT2D eigenvalue weighted by molar-refractivity contribution is -0.0155. The molecule has 3 rings (SSSR count). The number of aliphatic hydroxyl groups excluding tert-OH is 1. The molecule has 4 N–H and O–H groups in total. The van der Waals surface area contributed by atoms with E-state index in [1.165, 1.54) is 0 Å². The molecule has 124 valence electrons. The first-order valence-corrected chi connectivity index (χ1v) is 8.17. The first-order valence-electron chi connectivity index (χ1n) is 8.17. The van der Waals surface area contributed by atoms with Crippen LogP contribution in [0.25, 0.3) is 0 Å². The fourth-order valence-corrected chi connectivity index (χ4v) is 3.39. The number of nitrogens with one attached hydrogen (secondary N) is 1. The normalized spacial score (nSPS) is 27.6. The molecule has 0 aromatic carbocycles.